The van der Waals surface area contributed by atoms with Crippen LogP contribution >= 0.6 is 0 Å². The molecule has 0 aliphatic rings. The number of hydrogen-bond donors (Lipinski definition) is 2. The Hall–Kier alpha value is -2.81. The number of rotatable bonds is 4. The van der Waals surface area contributed by atoms with Gasteiger partial charge in [0.05, 0.1) is 17.4 Å². The molecule has 5 nitrogen and oxygen atoms in total. The molecule has 2 rings (SSSR count). The predicted molar refractivity (Wildman–Crippen MR) is 78.8 cm³/mol. The molecule has 3 N–H and O–H groups in total. The summed E-state index contributed by atoms with van der Waals surface area (Å²) in [6, 6.07) is 9.30. The van der Waals surface area contributed by atoms with Gasteiger partial charge in [0.1, 0.15) is 17.7 Å². The van der Waals surface area contributed by atoms with E-state index in [4.69, 9.17) is 15.7 Å². The van der Waals surface area contributed by atoms with Gasteiger partial charge in [0.25, 0.3) is 0 Å². The van der Waals surface area contributed by atoms with E-state index >= 15 is 0 Å². The molecular weight excluding hydrogens is 271 g/mol. The lowest BCUT2D eigenvalue weighted by atomic mass is 10.2. The van der Waals surface area contributed by atoms with Crippen LogP contribution in [-0.2, 0) is 0 Å². The molecule has 2 aromatic rings. The number of pyridine rings is 1. The second-order valence-electron chi connectivity index (χ2n) is 4.69. The quantitative estimate of drug-likeness (QED) is 0.901. The number of hydrogen-bond acceptors (Lipinski definition) is 5. The third-order valence-corrected chi connectivity index (χ3v) is 2.60. The number of nitrogens with one attached hydrogen (secondary N) is 1. The zero-order chi connectivity index (χ0) is 15.4. The maximum absolute atomic E-state index is 13.3. The summed E-state index contributed by atoms with van der Waals surface area (Å²) in [4.78, 5) is 4.25. The molecule has 1 aromatic carbocycles. The number of nitrogens with two attached hydrogens (primary N) is 1. The van der Waals surface area contributed by atoms with E-state index in [1.54, 1.807) is 18.2 Å². The fourth-order valence-electron chi connectivity index (χ4n) is 1.68. The minimum absolute atomic E-state index is 0.0332. The molecule has 0 unspecified atom stereocenters. The Morgan fingerprint density at radius 1 is 1.33 bits per heavy atom. The zero-order valence-electron chi connectivity index (χ0n) is 11.7. The average Bonchev–Trinajstić information content (AvgIpc) is 2.44. The Morgan fingerprint density at radius 3 is 2.76 bits per heavy atom. The normalized spacial score (nSPS) is 10.2. The van der Waals surface area contributed by atoms with Crippen molar-refractivity contribution in [1.29, 1.82) is 5.26 Å². The molecule has 0 spiro atoms. The molecule has 0 fully saturated rings. The second kappa shape index (κ2) is 6.09. The number of nitrogens with zero attached hydrogens (tertiary/aromatic N) is 2. The van der Waals surface area contributed by atoms with Crippen LogP contribution in [0.5, 0.6) is 5.88 Å². The van der Waals surface area contributed by atoms with Crippen LogP contribution in [0.15, 0.2) is 30.3 Å². The van der Waals surface area contributed by atoms with Crippen LogP contribution in [0.25, 0.3) is 0 Å². The second-order valence-corrected chi connectivity index (χ2v) is 4.69. The summed E-state index contributed by atoms with van der Waals surface area (Å²) >= 11 is 0. The lowest BCUT2D eigenvalue weighted by Crippen LogP contribution is -2.09. The van der Waals surface area contributed by atoms with Gasteiger partial charge in [-0.1, -0.05) is 0 Å². The van der Waals surface area contributed by atoms with E-state index in [9.17, 15) is 4.39 Å². The van der Waals surface area contributed by atoms with Crippen LogP contribution in [0.2, 0.25) is 0 Å². The predicted octanol–water partition coefficient (Wildman–Crippen LogP) is 3.21. The molecule has 0 atom stereocenters. The van der Waals surface area contributed by atoms with Crippen LogP contribution in [0.3, 0.4) is 0 Å². The molecule has 0 amide bonds. The minimum atomic E-state index is -0.558. The standard InChI is InChI=1S/C15H15FN4O/c1-9(2)21-15-13(18)5-6-14(20-15)19-11-3-4-12(16)10(7-11)8-17/h3-7,9H,18H2,1-2H3,(H,19,20). The van der Waals surface area contributed by atoms with Gasteiger partial charge in [-0.3, -0.25) is 0 Å². The van der Waals surface area contributed by atoms with Crippen molar-refractivity contribution in [3.63, 3.8) is 0 Å². The van der Waals surface area contributed by atoms with Crippen LogP contribution < -0.4 is 15.8 Å². The Labute approximate surface area is 122 Å². The molecule has 0 radical (unpaired) electrons. The molecule has 21 heavy (non-hydrogen) atoms. The molecule has 1 aromatic heterocycles. The van der Waals surface area contributed by atoms with E-state index in [2.05, 4.69) is 10.3 Å². The zero-order valence-corrected chi connectivity index (χ0v) is 11.7. The van der Waals surface area contributed by atoms with Gasteiger partial charge in [0.15, 0.2) is 0 Å². The van der Waals surface area contributed by atoms with Gasteiger partial charge in [-0.15, -0.1) is 0 Å². The lowest BCUT2D eigenvalue weighted by Gasteiger charge is -2.13. The van der Waals surface area contributed by atoms with Gasteiger partial charge in [-0.2, -0.15) is 10.2 Å². The highest BCUT2D eigenvalue weighted by molar-refractivity contribution is 5.62. The molecule has 0 aliphatic heterocycles. The van der Waals surface area contributed by atoms with Gasteiger partial charge in [0.2, 0.25) is 5.88 Å². The minimum Gasteiger partial charge on any atom is -0.473 e. The van der Waals surface area contributed by atoms with Crippen molar-refractivity contribution in [3.05, 3.63) is 41.7 Å². The number of ether oxygens (including phenoxy) is 1. The van der Waals surface area contributed by atoms with Gasteiger partial charge in [-0.05, 0) is 44.2 Å². The van der Waals surface area contributed by atoms with E-state index in [-0.39, 0.29) is 11.7 Å². The first kappa shape index (κ1) is 14.6. The first-order valence-electron chi connectivity index (χ1n) is 6.39. The first-order chi connectivity index (χ1) is 9.99. The summed E-state index contributed by atoms with van der Waals surface area (Å²) in [7, 11) is 0. The maximum Gasteiger partial charge on any atom is 0.239 e. The van der Waals surface area contributed by atoms with Crippen LogP contribution in [0.1, 0.15) is 19.4 Å². The number of aromatic nitrogens is 1. The van der Waals surface area contributed by atoms with Gasteiger partial charge in [0, 0.05) is 5.69 Å². The third-order valence-electron chi connectivity index (χ3n) is 2.60. The lowest BCUT2D eigenvalue weighted by molar-refractivity contribution is 0.234. The Bertz CT molecular complexity index is 695. The summed E-state index contributed by atoms with van der Waals surface area (Å²) in [5.74, 6) is 0.269. The summed E-state index contributed by atoms with van der Waals surface area (Å²) in [5.41, 5.74) is 6.75. The number of anilines is 3. The van der Waals surface area contributed by atoms with E-state index in [0.29, 0.717) is 23.1 Å². The highest BCUT2D eigenvalue weighted by Crippen LogP contribution is 2.24. The number of benzene rings is 1. The Morgan fingerprint density at radius 2 is 2.10 bits per heavy atom. The van der Waals surface area contributed by atoms with Crippen LogP contribution in [-0.4, -0.2) is 11.1 Å². The molecule has 0 bridgehead atoms. The van der Waals surface area contributed by atoms with E-state index in [0.717, 1.165) is 0 Å². The summed E-state index contributed by atoms with van der Waals surface area (Å²) in [6.07, 6.45) is -0.0499. The SMILES string of the molecule is CC(C)Oc1nc(Nc2ccc(F)c(C#N)c2)ccc1N. The van der Waals surface area contributed by atoms with Crippen molar-refractivity contribution in [3.8, 4) is 11.9 Å². The average molecular weight is 286 g/mol. The molecule has 0 aliphatic carbocycles. The monoisotopic (exact) mass is 286 g/mol. The highest BCUT2D eigenvalue weighted by atomic mass is 19.1. The Balaban J connectivity index is 2.26. The van der Waals surface area contributed by atoms with Crippen molar-refractivity contribution in [2.24, 2.45) is 0 Å². The van der Waals surface area contributed by atoms with Crippen molar-refractivity contribution >= 4 is 17.2 Å². The summed E-state index contributed by atoms with van der Waals surface area (Å²) < 4.78 is 18.8. The van der Waals surface area contributed by atoms with Gasteiger partial charge in [-0.25, -0.2) is 4.39 Å². The molecule has 6 heteroatoms. The van der Waals surface area contributed by atoms with Crippen LogP contribution in [0.4, 0.5) is 21.6 Å². The van der Waals surface area contributed by atoms with Crippen molar-refractivity contribution in [2.75, 3.05) is 11.1 Å². The maximum atomic E-state index is 13.3. The third kappa shape index (κ3) is 3.60. The van der Waals surface area contributed by atoms with Gasteiger partial charge >= 0.3 is 0 Å². The molecule has 1 heterocycles. The fraction of sp³-hybridized carbons (Fsp3) is 0.200. The summed E-state index contributed by atoms with van der Waals surface area (Å²) in [5, 5.41) is 11.8. The van der Waals surface area contributed by atoms with Gasteiger partial charge < -0.3 is 15.8 Å². The summed E-state index contributed by atoms with van der Waals surface area (Å²) in [6.45, 7) is 3.75. The van der Waals surface area contributed by atoms with E-state index in [1.807, 2.05) is 13.8 Å². The molecule has 108 valence electrons. The molecule has 0 saturated carbocycles. The highest BCUT2D eigenvalue weighted by Gasteiger charge is 2.08. The number of nitriles is 1. The fourth-order valence-corrected chi connectivity index (χ4v) is 1.68. The molecular formula is C15H15FN4O. The topological polar surface area (TPSA) is 84.0 Å². The van der Waals surface area contributed by atoms with Crippen molar-refractivity contribution in [1.82, 2.24) is 4.98 Å². The number of halogens is 1. The van der Waals surface area contributed by atoms with Crippen LogP contribution in [0, 0.1) is 17.1 Å². The largest absolute Gasteiger partial charge is 0.473 e. The first-order valence-corrected chi connectivity index (χ1v) is 6.39. The van der Waals surface area contributed by atoms with E-state index < -0.39 is 5.82 Å². The van der Waals surface area contributed by atoms with Crippen molar-refractivity contribution in [2.45, 2.75) is 20.0 Å². The Kier molecular flexibility index (Phi) is 4.24. The smallest absolute Gasteiger partial charge is 0.239 e. The van der Waals surface area contributed by atoms with E-state index in [1.165, 1.54) is 18.2 Å². The molecule has 0 saturated heterocycles. The van der Waals surface area contributed by atoms with Crippen molar-refractivity contribution < 1.29 is 9.13 Å². The number of nitrogen functional groups attached to an aromatic ring is 1.